The van der Waals surface area contributed by atoms with Gasteiger partial charge in [0.25, 0.3) is 0 Å². The van der Waals surface area contributed by atoms with Crippen molar-refractivity contribution in [2.24, 2.45) is 5.73 Å². The summed E-state index contributed by atoms with van der Waals surface area (Å²) >= 11 is 0. The SMILES string of the molecule is CN1CCCN2C(=O)CC(CN)=C12. The minimum absolute atomic E-state index is 0.210. The summed E-state index contributed by atoms with van der Waals surface area (Å²) in [6, 6.07) is 0. The van der Waals surface area contributed by atoms with E-state index in [1.165, 1.54) is 0 Å². The summed E-state index contributed by atoms with van der Waals surface area (Å²) in [5.74, 6) is 1.28. The number of rotatable bonds is 1. The molecule has 4 nitrogen and oxygen atoms in total. The first-order valence-electron chi connectivity index (χ1n) is 4.67. The van der Waals surface area contributed by atoms with Gasteiger partial charge in [0.2, 0.25) is 5.91 Å². The Morgan fingerprint density at radius 3 is 2.92 bits per heavy atom. The third kappa shape index (κ3) is 1.21. The predicted molar refractivity (Wildman–Crippen MR) is 49.7 cm³/mol. The Labute approximate surface area is 78.0 Å². The average Bonchev–Trinajstić information content (AvgIpc) is 2.45. The van der Waals surface area contributed by atoms with E-state index < -0.39 is 0 Å². The fraction of sp³-hybridized carbons (Fsp3) is 0.667. The highest BCUT2D eigenvalue weighted by atomic mass is 16.2. The van der Waals surface area contributed by atoms with E-state index in [9.17, 15) is 4.79 Å². The first-order chi connectivity index (χ1) is 6.24. The van der Waals surface area contributed by atoms with Crippen LogP contribution in [0.25, 0.3) is 0 Å². The lowest BCUT2D eigenvalue weighted by Crippen LogP contribution is -2.40. The number of carbonyl (C=O) groups excluding carboxylic acids is 1. The Balaban J connectivity index is 2.32. The number of hydrogen-bond acceptors (Lipinski definition) is 3. The van der Waals surface area contributed by atoms with Gasteiger partial charge in [-0.2, -0.15) is 0 Å². The zero-order chi connectivity index (χ0) is 9.42. The zero-order valence-electron chi connectivity index (χ0n) is 7.92. The summed E-state index contributed by atoms with van der Waals surface area (Å²) in [4.78, 5) is 15.5. The maximum Gasteiger partial charge on any atom is 0.232 e. The van der Waals surface area contributed by atoms with E-state index in [0.29, 0.717) is 13.0 Å². The highest BCUT2D eigenvalue weighted by molar-refractivity contribution is 5.84. The average molecular weight is 181 g/mol. The van der Waals surface area contributed by atoms with Crippen LogP contribution >= 0.6 is 0 Å². The Hall–Kier alpha value is -1.03. The van der Waals surface area contributed by atoms with Crippen LogP contribution in [0.3, 0.4) is 0 Å². The van der Waals surface area contributed by atoms with Crippen LogP contribution in [0.4, 0.5) is 0 Å². The molecule has 0 radical (unpaired) electrons. The van der Waals surface area contributed by atoms with Crippen LogP contribution in [0.2, 0.25) is 0 Å². The van der Waals surface area contributed by atoms with Crippen LogP contribution in [-0.4, -0.2) is 42.4 Å². The number of amides is 1. The third-order valence-corrected chi connectivity index (χ3v) is 2.72. The fourth-order valence-corrected chi connectivity index (χ4v) is 2.11. The third-order valence-electron chi connectivity index (χ3n) is 2.72. The highest BCUT2D eigenvalue weighted by Crippen LogP contribution is 2.28. The fourth-order valence-electron chi connectivity index (χ4n) is 2.11. The van der Waals surface area contributed by atoms with E-state index >= 15 is 0 Å². The van der Waals surface area contributed by atoms with Gasteiger partial charge in [-0.05, 0) is 12.0 Å². The second-order valence-electron chi connectivity index (χ2n) is 3.63. The van der Waals surface area contributed by atoms with Crippen molar-refractivity contribution in [3.63, 3.8) is 0 Å². The minimum Gasteiger partial charge on any atom is -0.361 e. The lowest BCUT2D eigenvalue weighted by Gasteiger charge is -2.34. The molecular formula is C9H15N3O. The van der Waals surface area contributed by atoms with E-state index in [1.807, 2.05) is 11.9 Å². The van der Waals surface area contributed by atoms with Gasteiger partial charge < -0.3 is 10.6 Å². The van der Waals surface area contributed by atoms with E-state index in [2.05, 4.69) is 4.90 Å². The van der Waals surface area contributed by atoms with Crippen molar-refractivity contribution in [1.29, 1.82) is 0 Å². The number of fused-ring (bicyclic) bond motifs is 1. The van der Waals surface area contributed by atoms with E-state index in [0.717, 1.165) is 30.9 Å². The normalized spacial score (nSPS) is 22.8. The monoisotopic (exact) mass is 181 g/mol. The Morgan fingerprint density at radius 2 is 2.23 bits per heavy atom. The highest BCUT2D eigenvalue weighted by Gasteiger charge is 2.33. The smallest absolute Gasteiger partial charge is 0.232 e. The lowest BCUT2D eigenvalue weighted by atomic mass is 10.2. The van der Waals surface area contributed by atoms with Crippen molar-refractivity contribution in [3.8, 4) is 0 Å². The first kappa shape index (κ1) is 8.56. The standard InChI is InChI=1S/C9H15N3O/c1-11-3-2-4-12-8(13)5-7(6-10)9(11)12/h2-6,10H2,1H3. The zero-order valence-corrected chi connectivity index (χ0v) is 7.92. The Morgan fingerprint density at radius 1 is 1.46 bits per heavy atom. The minimum atomic E-state index is 0.210. The topological polar surface area (TPSA) is 49.6 Å². The molecule has 2 heterocycles. The molecule has 2 N–H and O–H groups in total. The van der Waals surface area contributed by atoms with Crippen LogP contribution in [0, 0.1) is 0 Å². The molecule has 0 atom stereocenters. The Bertz CT molecular complexity index is 272. The molecule has 4 heteroatoms. The van der Waals surface area contributed by atoms with Crippen LogP contribution < -0.4 is 5.73 Å². The number of nitrogens with zero attached hydrogens (tertiary/aromatic N) is 2. The summed E-state index contributed by atoms with van der Waals surface area (Å²) in [6.07, 6.45) is 1.58. The van der Waals surface area contributed by atoms with Crippen LogP contribution in [0.15, 0.2) is 11.4 Å². The second-order valence-corrected chi connectivity index (χ2v) is 3.63. The molecule has 13 heavy (non-hydrogen) atoms. The summed E-state index contributed by atoms with van der Waals surface area (Å²) in [6.45, 7) is 2.40. The van der Waals surface area contributed by atoms with E-state index in [-0.39, 0.29) is 5.91 Å². The van der Waals surface area contributed by atoms with Gasteiger partial charge >= 0.3 is 0 Å². The predicted octanol–water partition coefficient (Wildman–Crippen LogP) is -0.275. The molecule has 0 aromatic rings. The lowest BCUT2D eigenvalue weighted by molar-refractivity contribution is -0.128. The second kappa shape index (κ2) is 3.03. The number of carbonyl (C=O) groups is 1. The summed E-state index contributed by atoms with van der Waals surface area (Å²) in [7, 11) is 2.02. The van der Waals surface area contributed by atoms with Gasteiger partial charge in [0.1, 0.15) is 5.82 Å². The molecule has 2 rings (SSSR count). The summed E-state index contributed by atoms with van der Waals surface area (Å²) in [5, 5.41) is 0. The van der Waals surface area contributed by atoms with Crippen LogP contribution in [0.5, 0.6) is 0 Å². The largest absolute Gasteiger partial charge is 0.361 e. The van der Waals surface area contributed by atoms with Crippen molar-refractivity contribution in [2.75, 3.05) is 26.7 Å². The van der Waals surface area contributed by atoms with Crippen molar-refractivity contribution in [1.82, 2.24) is 9.80 Å². The quantitative estimate of drug-likeness (QED) is 0.605. The first-order valence-corrected chi connectivity index (χ1v) is 4.67. The van der Waals surface area contributed by atoms with Gasteiger partial charge in [0.15, 0.2) is 0 Å². The van der Waals surface area contributed by atoms with Crippen LogP contribution in [0.1, 0.15) is 12.8 Å². The van der Waals surface area contributed by atoms with Gasteiger partial charge in [-0.15, -0.1) is 0 Å². The van der Waals surface area contributed by atoms with E-state index in [4.69, 9.17) is 5.73 Å². The molecule has 1 saturated heterocycles. The van der Waals surface area contributed by atoms with Gasteiger partial charge in [0.05, 0.1) is 6.42 Å². The van der Waals surface area contributed by atoms with E-state index in [1.54, 1.807) is 0 Å². The van der Waals surface area contributed by atoms with Gasteiger partial charge in [-0.25, -0.2) is 0 Å². The number of nitrogens with two attached hydrogens (primary N) is 1. The van der Waals surface area contributed by atoms with Crippen molar-refractivity contribution >= 4 is 5.91 Å². The van der Waals surface area contributed by atoms with Crippen LogP contribution in [-0.2, 0) is 4.79 Å². The molecular weight excluding hydrogens is 166 g/mol. The molecule has 1 amide bonds. The molecule has 0 aromatic heterocycles. The van der Waals surface area contributed by atoms with Crippen molar-refractivity contribution in [3.05, 3.63) is 11.4 Å². The molecule has 0 spiro atoms. The summed E-state index contributed by atoms with van der Waals surface area (Å²) < 4.78 is 0. The summed E-state index contributed by atoms with van der Waals surface area (Å²) in [5.41, 5.74) is 6.69. The molecule has 1 fully saturated rings. The van der Waals surface area contributed by atoms with Gasteiger partial charge in [-0.1, -0.05) is 0 Å². The van der Waals surface area contributed by atoms with Crippen molar-refractivity contribution in [2.45, 2.75) is 12.8 Å². The Kier molecular flexibility index (Phi) is 2.00. The maximum atomic E-state index is 11.5. The molecule has 2 aliphatic rings. The molecule has 0 saturated carbocycles. The van der Waals surface area contributed by atoms with Crippen molar-refractivity contribution < 1.29 is 4.79 Å². The van der Waals surface area contributed by atoms with Gasteiger partial charge in [-0.3, -0.25) is 9.69 Å². The van der Waals surface area contributed by atoms with Gasteiger partial charge in [0, 0.05) is 26.7 Å². The molecule has 72 valence electrons. The molecule has 0 unspecified atom stereocenters. The number of hydrogen-bond donors (Lipinski definition) is 1. The maximum absolute atomic E-state index is 11.5. The molecule has 2 aliphatic heterocycles. The molecule has 0 aromatic carbocycles. The molecule has 0 aliphatic carbocycles. The molecule has 0 bridgehead atoms.